The second kappa shape index (κ2) is 6.79. The molecule has 1 aromatic rings. The van der Waals surface area contributed by atoms with E-state index in [1.807, 2.05) is 34.6 Å². The molecule has 2 rings (SSSR count). The van der Waals surface area contributed by atoms with Crippen LogP contribution in [0, 0.1) is 5.82 Å². The van der Waals surface area contributed by atoms with E-state index in [1.54, 1.807) is 9.80 Å². The van der Waals surface area contributed by atoms with E-state index in [0.717, 1.165) is 0 Å². The molecule has 1 heterocycles. The highest BCUT2D eigenvalue weighted by Crippen LogP contribution is 2.21. The molecule has 5 nitrogen and oxygen atoms in total. The summed E-state index contributed by atoms with van der Waals surface area (Å²) in [6.07, 6.45) is -0.366. The molecule has 2 amide bonds. The zero-order chi connectivity index (χ0) is 18.1. The second-order valence-electron chi connectivity index (χ2n) is 7.30. The molecule has 132 valence electrons. The van der Waals surface area contributed by atoms with Crippen LogP contribution in [0.15, 0.2) is 24.3 Å². The average molecular weight is 336 g/mol. The molecule has 1 unspecified atom stereocenters. The van der Waals surface area contributed by atoms with Crippen LogP contribution in [0.5, 0.6) is 0 Å². The lowest BCUT2D eigenvalue weighted by atomic mass is 10.1. The minimum absolute atomic E-state index is 0.154. The maximum Gasteiger partial charge on any atom is 0.410 e. The lowest BCUT2D eigenvalue weighted by Crippen LogP contribution is -2.60. The van der Waals surface area contributed by atoms with Crippen LogP contribution in [0.3, 0.4) is 0 Å². The second-order valence-corrected chi connectivity index (χ2v) is 7.30. The maximum atomic E-state index is 13.0. The molecule has 0 radical (unpaired) electrons. The third-order valence-corrected chi connectivity index (χ3v) is 3.90. The number of amides is 2. The Kier molecular flexibility index (Phi) is 5.16. The molecule has 1 aromatic carbocycles. The standard InChI is InChI=1S/C18H25FN2O3/c1-12-10-20(17(23)24-18(3,4)5)11-13(2)21(12)16(22)14-6-8-15(19)9-7-14/h6-9,12-13H,10-11H2,1-5H3/t12-,13?/m0/s1. The predicted octanol–water partition coefficient (Wildman–Crippen LogP) is 3.30. The first-order chi connectivity index (χ1) is 11.1. The van der Waals surface area contributed by atoms with Crippen molar-refractivity contribution in [3.8, 4) is 0 Å². The molecule has 1 aliphatic heterocycles. The molecule has 6 heteroatoms. The fourth-order valence-electron chi connectivity index (χ4n) is 2.94. The lowest BCUT2D eigenvalue weighted by molar-refractivity contribution is -0.00488. The highest BCUT2D eigenvalue weighted by molar-refractivity contribution is 5.94. The molecule has 0 aliphatic carbocycles. The fraction of sp³-hybridized carbons (Fsp3) is 0.556. The average Bonchev–Trinajstić information content (AvgIpc) is 2.45. The molecule has 0 aromatic heterocycles. The van der Waals surface area contributed by atoms with Crippen molar-refractivity contribution in [1.29, 1.82) is 0 Å². The Balaban J connectivity index is 2.09. The van der Waals surface area contributed by atoms with Crippen molar-refractivity contribution in [3.05, 3.63) is 35.6 Å². The van der Waals surface area contributed by atoms with Gasteiger partial charge < -0.3 is 14.5 Å². The van der Waals surface area contributed by atoms with Gasteiger partial charge in [-0.25, -0.2) is 9.18 Å². The Labute approximate surface area is 142 Å². The largest absolute Gasteiger partial charge is 0.444 e. The first kappa shape index (κ1) is 18.2. The number of halogens is 1. The number of hydrogen-bond donors (Lipinski definition) is 0. The smallest absolute Gasteiger partial charge is 0.410 e. The number of rotatable bonds is 1. The van der Waals surface area contributed by atoms with E-state index in [-0.39, 0.29) is 29.9 Å². The van der Waals surface area contributed by atoms with E-state index >= 15 is 0 Å². The van der Waals surface area contributed by atoms with Gasteiger partial charge in [0, 0.05) is 30.7 Å². The van der Waals surface area contributed by atoms with Gasteiger partial charge in [0.2, 0.25) is 0 Å². The molecule has 0 saturated carbocycles. The molecular weight excluding hydrogens is 311 g/mol. The molecule has 0 spiro atoms. The molecule has 1 saturated heterocycles. The van der Waals surface area contributed by atoms with Crippen LogP contribution < -0.4 is 0 Å². The van der Waals surface area contributed by atoms with Crippen molar-refractivity contribution in [1.82, 2.24) is 9.80 Å². The van der Waals surface area contributed by atoms with Gasteiger partial charge in [-0.1, -0.05) is 0 Å². The Morgan fingerprint density at radius 1 is 1.08 bits per heavy atom. The molecular formula is C18H25FN2O3. The fourth-order valence-corrected chi connectivity index (χ4v) is 2.94. The van der Waals surface area contributed by atoms with Gasteiger partial charge in [-0.15, -0.1) is 0 Å². The van der Waals surface area contributed by atoms with Gasteiger partial charge in [0.15, 0.2) is 0 Å². The quantitative estimate of drug-likeness (QED) is 0.791. The topological polar surface area (TPSA) is 49.9 Å². The molecule has 1 fully saturated rings. The van der Waals surface area contributed by atoms with Crippen LogP contribution >= 0.6 is 0 Å². The molecule has 0 N–H and O–H groups in total. The summed E-state index contributed by atoms with van der Waals surface area (Å²) in [4.78, 5) is 28.3. The molecule has 1 aliphatic rings. The first-order valence-electron chi connectivity index (χ1n) is 8.14. The van der Waals surface area contributed by atoms with Crippen molar-refractivity contribution >= 4 is 12.0 Å². The van der Waals surface area contributed by atoms with E-state index in [0.29, 0.717) is 18.7 Å². The number of carbonyl (C=O) groups excluding carboxylic acids is 2. The van der Waals surface area contributed by atoms with Crippen LogP contribution in [0.2, 0.25) is 0 Å². The Hall–Kier alpha value is -2.11. The number of hydrogen-bond acceptors (Lipinski definition) is 3. The zero-order valence-corrected chi connectivity index (χ0v) is 14.9. The Morgan fingerprint density at radius 3 is 2.04 bits per heavy atom. The van der Waals surface area contributed by atoms with Gasteiger partial charge >= 0.3 is 6.09 Å². The normalized spacial score (nSPS) is 21.6. The summed E-state index contributed by atoms with van der Waals surface area (Å²) in [6.45, 7) is 10.1. The van der Waals surface area contributed by atoms with Crippen molar-refractivity contribution in [2.24, 2.45) is 0 Å². The Morgan fingerprint density at radius 2 is 1.58 bits per heavy atom. The van der Waals surface area contributed by atoms with E-state index in [1.165, 1.54) is 24.3 Å². The van der Waals surface area contributed by atoms with Crippen molar-refractivity contribution in [2.45, 2.75) is 52.3 Å². The van der Waals surface area contributed by atoms with Gasteiger partial charge in [0.25, 0.3) is 5.91 Å². The van der Waals surface area contributed by atoms with Gasteiger partial charge in [-0.3, -0.25) is 4.79 Å². The lowest BCUT2D eigenvalue weighted by Gasteiger charge is -2.44. The number of piperazine rings is 1. The third-order valence-electron chi connectivity index (χ3n) is 3.90. The summed E-state index contributed by atoms with van der Waals surface area (Å²) in [5.41, 5.74) is -0.106. The number of nitrogens with zero attached hydrogens (tertiary/aromatic N) is 2. The van der Waals surface area contributed by atoms with Crippen LogP contribution in [0.25, 0.3) is 0 Å². The zero-order valence-electron chi connectivity index (χ0n) is 14.9. The van der Waals surface area contributed by atoms with Gasteiger partial charge in [-0.2, -0.15) is 0 Å². The van der Waals surface area contributed by atoms with Crippen molar-refractivity contribution < 1.29 is 18.7 Å². The molecule has 2 atom stereocenters. The van der Waals surface area contributed by atoms with Crippen LogP contribution in [-0.2, 0) is 4.74 Å². The van der Waals surface area contributed by atoms with Gasteiger partial charge in [-0.05, 0) is 58.9 Å². The first-order valence-corrected chi connectivity index (χ1v) is 8.14. The monoisotopic (exact) mass is 336 g/mol. The summed E-state index contributed by atoms with van der Waals surface area (Å²) >= 11 is 0. The number of carbonyl (C=O) groups is 2. The summed E-state index contributed by atoms with van der Waals surface area (Å²) in [7, 11) is 0. The van der Waals surface area contributed by atoms with Crippen LogP contribution in [0.1, 0.15) is 45.0 Å². The van der Waals surface area contributed by atoms with Crippen LogP contribution in [-0.4, -0.2) is 52.6 Å². The number of benzene rings is 1. The maximum absolute atomic E-state index is 13.0. The molecule has 24 heavy (non-hydrogen) atoms. The summed E-state index contributed by atoms with van der Waals surface area (Å²) in [5.74, 6) is -0.527. The van der Waals surface area contributed by atoms with Crippen molar-refractivity contribution in [3.63, 3.8) is 0 Å². The molecule has 0 bridgehead atoms. The predicted molar refractivity (Wildman–Crippen MR) is 89.3 cm³/mol. The number of ether oxygens (including phenoxy) is 1. The summed E-state index contributed by atoms with van der Waals surface area (Å²) in [5, 5.41) is 0. The third kappa shape index (κ3) is 4.24. The van der Waals surface area contributed by atoms with Gasteiger partial charge in [0.05, 0.1) is 0 Å². The van der Waals surface area contributed by atoms with Gasteiger partial charge in [0.1, 0.15) is 11.4 Å². The van der Waals surface area contributed by atoms with Crippen molar-refractivity contribution in [2.75, 3.05) is 13.1 Å². The highest BCUT2D eigenvalue weighted by atomic mass is 19.1. The van der Waals surface area contributed by atoms with E-state index < -0.39 is 5.60 Å². The summed E-state index contributed by atoms with van der Waals surface area (Å²) in [6, 6.07) is 5.21. The van der Waals surface area contributed by atoms with E-state index in [4.69, 9.17) is 4.74 Å². The van der Waals surface area contributed by atoms with E-state index in [9.17, 15) is 14.0 Å². The van der Waals surface area contributed by atoms with E-state index in [2.05, 4.69) is 0 Å². The minimum atomic E-state index is -0.551. The summed E-state index contributed by atoms with van der Waals surface area (Å²) < 4.78 is 18.4. The Bertz CT molecular complexity index is 598. The minimum Gasteiger partial charge on any atom is -0.444 e. The van der Waals surface area contributed by atoms with Crippen LogP contribution in [0.4, 0.5) is 9.18 Å². The SMILES string of the molecule is CC1CN(C(=O)OC(C)(C)C)C[C@H](C)N1C(=O)c1ccc(F)cc1. The highest BCUT2D eigenvalue weighted by Gasteiger charge is 2.36.